The van der Waals surface area contributed by atoms with Crippen molar-refractivity contribution in [2.75, 3.05) is 0 Å². The Kier molecular flexibility index (Phi) is 2.76. The summed E-state index contributed by atoms with van der Waals surface area (Å²) in [6.45, 7) is 11.9. The lowest BCUT2D eigenvalue weighted by Gasteiger charge is -2.14. The van der Waals surface area contributed by atoms with Gasteiger partial charge in [-0.3, -0.25) is 0 Å². The van der Waals surface area contributed by atoms with Gasteiger partial charge in [-0.1, -0.05) is 19.9 Å². The van der Waals surface area contributed by atoms with Gasteiger partial charge in [-0.25, -0.2) is 0 Å². The molecule has 0 aromatic heterocycles. The lowest BCUT2D eigenvalue weighted by Crippen LogP contribution is -2.05. The first-order valence-electron chi connectivity index (χ1n) is 2.87. The van der Waals surface area contributed by atoms with Gasteiger partial charge in [0.2, 0.25) is 0 Å². The van der Waals surface area contributed by atoms with Crippen molar-refractivity contribution in [3.05, 3.63) is 24.9 Å². The van der Waals surface area contributed by atoms with Gasteiger partial charge < -0.3 is 0 Å². The Morgan fingerprint density at radius 1 is 1.38 bits per heavy atom. The fraction of sp³-hybridized carbons (Fsp3) is 0.429. The topological polar surface area (TPSA) is 0 Å². The number of hydrogen-bond donors (Lipinski definition) is 0. The van der Waals surface area contributed by atoms with E-state index in [2.05, 4.69) is 32.7 Å². The molecule has 0 saturated carbocycles. The monoisotopic (exact) mass is 126 g/mol. The average molecular weight is 126 g/mol. The lowest BCUT2D eigenvalue weighted by atomic mass is 10.2. The minimum absolute atomic E-state index is 0.105. The summed E-state index contributed by atoms with van der Waals surface area (Å²) in [4.78, 5) is 0. The predicted octanol–water partition coefficient (Wildman–Crippen LogP) is 1.68. The van der Waals surface area contributed by atoms with Crippen LogP contribution in [-0.4, -0.2) is 9.52 Å². The zero-order valence-corrected chi connectivity index (χ0v) is 7.19. The maximum atomic E-state index is 3.74. The van der Waals surface area contributed by atoms with Gasteiger partial charge >= 0.3 is 0 Å². The molecule has 0 radical (unpaired) electrons. The zero-order chi connectivity index (χ0) is 6.62. The van der Waals surface area contributed by atoms with Crippen LogP contribution in [0.4, 0.5) is 0 Å². The van der Waals surface area contributed by atoms with E-state index in [4.69, 9.17) is 0 Å². The van der Waals surface area contributed by atoms with Crippen LogP contribution in [0.15, 0.2) is 24.9 Å². The van der Waals surface area contributed by atoms with Crippen molar-refractivity contribution in [3.8, 4) is 0 Å². The third kappa shape index (κ3) is 2.80. The number of allylic oxidation sites excluding steroid dienone is 1. The van der Waals surface area contributed by atoms with E-state index in [9.17, 15) is 0 Å². The first-order valence-corrected chi connectivity index (χ1v) is 4.39. The maximum Gasteiger partial charge on any atom is 0.0548 e. The summed E-state index contributed by atoms with van der Waals surface area (Å²) in [6, 6.07) is 0. The quantitative estimate of drug-likeness (QED) is 0.399. The van der Waals surface area contributed by atoms with E-state index in [0.29, 0.717) is 5.04 Å². The second-order valence-electron chi connectivity index (χ2n) is 2.69. The Bertz CT molecular complexity index is 92.6. The molecule has 8 heavy (non-hydrogen) atoms. The van der Waals surface area contributed by atoms with Crippen molar-refractivity contribution < 1.29 is 0 Å². The van der Waals surface area contributed by atoms with E-state index in [1.807, 2.05) is 6.08 Å². The van der Waals surface area contributed by atoms with Crippen molar-refractivity contribution in [3.63, 3.8) is 0 Å². The molecule has 0 aliphatic heterocycles. The van der Waals surface area contributed by atoms with E-state index >= 15 is 0 Å². The second kappa shape index (κ2) is 2.87. The Hall–Kier alpha value is -0.303. The summed E-state index contributed by atoms with van der Waals surface area (Å²) in [6.07, 6.45) is 2.01. The minimum atomic E-state index is -0.105. The van der Waals surface area contributed by atoms with Gasteiger partial charge in [-0.05, 0) is 5.04 Å². The summed E-state index contributed by atoms with van der Waals surface area (Å²) in [5.74, 6) is 0. The third-order valence-corrected chi connectivity index (χ3v) is 2.85. The van der Waals surface area contributed by atoms with Gasteiger partial charge in [-0.15, -0.1) is 18.9 Å². The minimum Gasteiger partial charge on any atom is -0.108 e. The van der Waals surface area contributed by atoms with E-state index in [0.717, 1.165) is 0 Å². The van der Waals surface area contributed by atoms with Crippen molar-refractivity contribution in [1.82, 2.24) is 0 Å². The van der Waals surface area contributed by atoms with E-state index in [1.54, 1.807) is 0 Å². The van der Waals surface area contributed by atoms with E-state index < -0.39 is 0 Å². The van der Waals surface area contributed by atoms with E-state index in [1.165, 1.54) is 0 Å². The van der Waals surface area contributed by atoms with Crippen LogP contribution in [0, 0.1) is 0 Å². The fourth-order valence-corrected chi connectivity index (χ4v) is 1.37. The number of hydrogen-bond acceptors (Lipinski definition) is 0. The first-order chi connectivity index (χ1) is 3.62. The highest BCUT2D eigenvalue weighted by Gasteiger charge is 2.09. The number of rotatable bonds is 3. The van der Waals surface area contributed by atoms with Gasteiger partial charge in [0.25, 0.3) is 0 Å². The zero-order valence-electron chi connectivity index (χ0n) is 5.78. The highest BCUT2D eigenvalue weighted by Crippen LogP contribution is 2.22. The summed E-state index contributed by atoms with van der Waals surface area (Å²) in [7, 11) is -0.105. The molecule has 0 unspecified atom stereocenters. The average Bonchev–Trinajstić information content (AvgIpc) is 1.67. The molecule has 0 aliphatic carbocycles. The van der Waals surface area contributed by atoms with E-state index in [-0.39, 0.29) is 9.52 Å². The molecular formula is C7H14Si. The summed E-state index contributed by atoms with van der Waals surface area (Å²) in [5, 5.41) is 0.377. The van der Waals surface area contributed by atoms with Crippen LogP contribution < -0.4 is 0 Å². The van der Waals surface area contributed by atoms with Crippen molar-refractivity contribution in [2.45, 2.75) is 18.9 Å². The largest absolute Gasteiger partial charge is 0.108 e. The molecule has 0 rings (SSSR count). The maximum absolute atomic E-state index is 3.74. The highest BCUT2D eigenvalue weighted by atomic mass is 28.2. The van der Waals surface area contributed by atoms with Crippen LogP contribution in [0.5, 0.6) is 0 Å². The molecule has 0 heterocycles. The molecule has 0 atom stereocenters. The van der Waals surface area contributed by atoms with Crippen molar-refractivity contribution >= 4 is 9.52 Å². The van der Waals surface area contributed by atoms with Gasteiger partial charge in [0.1, 0.15) is 0 Å². The van der Waals surface area contributed by atoms with Crippen LogP contribution in [0.25, 0.3) is 0 Å². The standard InChI is InChI=1S/C7H14Si/c1-5-7(3,4)8-6-2/h5-6H,1-2,8H2,3-4H3. The van der Waals surface area contributed by atoms with Gasteiger partial charge in [0.15, 0.2) is 0 Å². The second-order valence-corrected chi connectivity index (χ2v) is 5.49. The summed E-state index contributed by atoms with van der Waals surface area (Å²) >= 11 is 0. The predicted molar refractivity (Wildman–Crippen MR) is 43.0 cm³/mol. The highest BCUT2D eigenvalue weighted by molar-refractivity contribution is 6.46. The first kappa shape index (κ1) is 7.70. The Labute approximate surface area is 54.1 Å². The molecule has 0 nitrogen and oxygen atoms in total. The molecule has 1 heteroatoms. The Balaban J connectivity index is 3.70. The van der Waals surface area contributed by atoms with Crippen molar-refractivity contribution in [2.24, 2.45) is 0 Å². The molecule has 0 spiro atoms. The Morgan fingerprint density at radius 3 is 2.00 bits per heavy atom. The Morgan fingerprint density at radius 2 is 1.88 bits per heavy atom. The van der Waals surface area contributed by atoms with Gasteiger partial charge in [0, 0.05) is 0 Å². The molecular weight excluding hydrogens is 112 g/mol. The SMILES string of the molecule is C=C[SiH2]C(C)(C)C=C. The smallest absolute Gasteiger partial charge is 0.0548 e. The van der Waals surface area contributed by atoms with Crippen LogP contribution in [0.1, 0.15) is 13.8 Å². The molecule has 0 bridgehead atoms. The molecule has 0 fully saturated rings. The molecule has 0 amide bonds. The molecule has 46 valence electrons. The molecule has 0 N–H and O–H groups in total. The van der Waals surface area contributed by atoms with Gasteiger partial charge in [0.05, 0.1) is 9.52 Å². The molecule has 0 aromatic carbocycles. The van der Waals surface area contributed by atoms with Crippen LogP contribution in [0.3, 0.4) is 0 Å². The fourth-order valence-electron chi connectivity index (χ4n) is 0.455. The molecule has 0 aromatic rings. The van der Waals surface area contributed by atoms with Crippen LogP contribution in [0.2, 0.25) is 5.04 Å². The van der Waals surface area contributed by atoms with Crippen molar-refractivity contribution in [1.29, 1.82) is 0 Å². The summed E-state index contributed by atoms with van der Waals surface area (Å²) in [5.41, 5.74) is 2.06. The lowest BCUT2D eigenvalue weighted by molar-refractivity contribution is 0.855. The molecule has 0 saturated heterocycles. The van der Waals surface area contributed by atoms with Crippen LogP contribution in [-0.2, 0) is 0 Å². The normalized spacial score (nSPS) is 12.2. The van der Waals surface area contributed by atoms with Gasteiger partial charge in [-0.2, -0.15) is 0 Å². The van der Waals surface area contributed by atoms with Crippen LogP contribution >= 0.6 is 0 Å². The third-order valence-electron chi connectivity index (χ3n) is 1.22. The molecule has 0 aliphatic rings. The summed E-state index contributed by atoms with van der Waals surface area (Å²) < 4.78 is 0.